The molecule has 2 heterocycles. The summed E-state index contributed by atoms with van der Waals surface area (Å²) < 4.78 is 2.56. The summed E-state index contributed by atoms with van der Waals surface area (Å²) in [5.41, 5.74) is 2.57. The molecule has 4 unspecified atom stereocenters. The van der Waals surface area contributed by atoms with Gasteiger partial charge in [0, 0.05) is 64.9 Å². The van der Waals surface area contributed by atoms with Crippen LogP contribution in [0.4, 0.5) is 11.4 Å². The Hall–Kier alpha value is -3.56. The molecule has 4 atom stereocenters. The Morgan fingerprint density at radius 2 is 1.28 bits per heavy atom. The minimum atomic E-state index is -1.38. The van der Waals surface area contributed by atoms with Crippen LogP contribution < -0.4 is 10.2 Å². The molecule has 1 saturated heterocycles. The summed E-state index contributed by atoms with van der Waals surface area (Å²) >= 11 is 16.9. The van der Waals surface area contributed by atoms with Crippen LogP contribution in [-0.4, -0.2) is 23.5 Å². The second kappa shape index (κ2) is 12.8. The number of hydrogen-bond donors (Lipinski definition) is 1. The van der Waals surface area contributed by atoms with Crippen molar-refractivity contribution in [3.63, 3.8) is 0 Å². The van der Waals surface area contributed by atoms with Crippen LogP contribution in [0.3, 0.4) is 0 Å². The zero-order valence-corrected chi connectivity index (χ0v) is 30.2. The molecule has 5 aromatic rings. The van der Waals surface area contributed by atoms with Crippen LogP contribution in [0.2, 0.25) is 5.02 Å². The molecule has 1 N–H and O–H groups in total. The normalized spacial score (nSPS) is 21.5. The van der Waals surface area contributed by atoms with Gasteiger partial charge in [-0.15, -0.1) is 0 Å². The second-order valence-corrected chi connectivity index (χ2v) is 14.9. The molecule has 2 aliphatic rings. The predicted octanol–water partition coefficient (Wildman–Crippen LogP) is 10.2. The number of hydrogen-bond acceptors (Lipinski definition) is 4. The van der Waals surface area contributed by atoms with Gasteiger partial charge in [-0.1, -0.05) is 114 Å². The number of rotatable bonds is 7. The third-order valence-corrected chi connectivity index (χ3v) is 11.0. The van der Waals surface area contributed by atoms with Crippen molar-refractivity contribution < 1.29 is 14.4 Å². The molecule has 0 aliphatic carbocycles. The zero-order chi connectivity index (χ0) is 32.9. The van der Waals surface area contributed by atoms with Gasteiger partial charge >= 0.3 is 0 Å². The van der Waals surface area contributed by atoms with Crippen LogP contribution in [0.1, 0.15) is 44.2 Å². The molecule has 0 aromatic heterocycles. The summed E-state index contributed by atoms with van der Waals surface area (Å²) in [5.74, 6) is -2.03. The van der Waals surface area contributed by atoms with Crippen LogP contribution in [0.15, 0.2) is 135 Å². The fraction of sp³-hybridized carbons (Fsp3) is 0.132. The number of nitrogens with one attached hydrogen (secondary N) is 1. The topological polar surface area (TPSA) is 66.5 Å². The van der Waals surface area contributed by atoms with E-state index in [1.165, 1.54) is 0 Å². The standard InChI is InChI=1S/C38H26Br3ClN2O3/c39-25-11-5-22(6-12-25)33(45)21-32-34(36(46)24-7-13-26(40)14-8-24)35(23-9-17-28(42)18-10-23)38(44(32)29-19-15-27(41)16-20-29)30-3-1-2-4-31(30)43-37(38)47/h1-20,32,34-35H,21H2,(H,43,47). The summed E-state index contributed by atoms with van der Waals surface area (Å²) in [7, 11) is 0. The Kier molecular flexibility index (Phi) is 8.72. The molecule has 9 heteroatoms. The number of fused-ring (bicyclic) bond motifs is 2. The Labute approximate surface area is 302 Å². The third-order valence-electron chi connectivity index (χ3n) is 9.19. The molecule has 1 amide bonds. The largest absolute Gasteiger partial charge is 0.349 e. The summed E-state index contributed by atoms with van der Waals surface area (Å²) in [5, 5.41) is 3.69. The number of carbonyl (C=O) groups is 3. The van der Waals surface area contributed by atoms with Crippen molar-refractivity contribution in [3.8, 4) is 0 Å². The predicted molar refractivity (Wildman–Crippen MR) is 196 cm³/mol. The minimum Gasteiger partial charge on any atom is -0.349 e. The van der Waals surface area contributed by atoms with Gasteiger partial charge < -0.3 is 10.2 Å². The quantitative estimate of drug-likeness (QED) is 0.166. The number of nitrogens with zero attached hydrogens (tertiary/aromatic N) is 1. The highest BCUT2D eigenvalue weighted by molar-refractivity contribution is 9.11. The van der Waals surface area contributed by atoms with Gasteiger partial charge in [-0.05, 0) is 72.3 Å². The van der Waals surface area contributed by atoms with Crippen LogP contribution in [0, 0.1) is 5.92 Å². The van der Waals surface area contributed by atoms with Crippen molar-refractivity contribution in [2.75, 3.05) is 10.2 Å². The average Bonchev–Trinajstić information content (AvgIpc) is 3.53. The van der Waals surface area contributed by atoms with Crippen LogP contribution in [0.25, 0.3) is 0 Å². The molecule has 0 saturated carbocycles. The number of carbonyl (C=O) groups excluding carboxylic acids is 3. The van der Waals surface area contributed by atoms with Gasteiger partial charge in [-0.25, -0.2) is 0 Å². The first-order valence-corrected chi connectivity index (χ1v) is 17.7. The van der Waals surface area contributed by atoms with Crippen LogP contribution in [-0.2, 0) is 10.3 Å². The molecule has 234 valence electrons. The molecule has 2 aliphatic heterocycles. The lowest BCUT2D eigenvalue weighted by atomic mass is 9.69. The summed E-state index contributed by atoms with van der Waals surface area (Å²) in [6, 6.07) is 36.4. The number of amides is 1. The van der Waals surface area contributed by atoms with Gasteiger partial charge in [0.2, 0.25) is 0 Å². The number of anilines is 2. The first-order chi connectivity index (χ1) is 22.7. The molecular formula is C38H26Br3ClN2O3. The molecule has 5 nitrogen and oxygen atoms in total. The molecule has 0 bridgehead atoms. The Morgan fingerprint density at radius 1 is 0.723 bits per heavy atom. The average molecular weight is 834 g/mol. The molecule has 1 fully saturated rings. The molecule has 5 aromatic carbocycles. The van der Waals surface area contributed by atoms with Gasteiger partial charge in [0.05, 0.1) is 5.92 Å². The van der Waals surface area contributed by atoms with Crippen molar-refractivity contribution in [3.05, 3.63) is 162 Å². The van der Waals surface area contributed by atoms with Crippen LogP contribution in [0.5, 0.6) is 0 Å². The minimum absolute atomic E-state index is 0.00802. The lowest BCUT2D eigenvalue weighted by molar-refractivity contribution is -0.121. The van der Waals surface area contributed by atoms with Gasteiger partial charge in [0.1, 0.15) is 0 Å². The van der Waals surface area contributed by atoms with E-state index in [-0.39, 0.29) is 23.9 Å². The Morgan fingerprint density at radius 3 is 1.89 bits per heavy atom. The Bertz CT molecular complexity index is 2000. The lowest BCUT2D eigenvalue weighted by Gasteiger charge is -2.41. The van der Waals surface area contributed by atoms with E-state index < -0.39 is 23.4 Å². The third kappa shape index (κ3) is 5.59. The van der Waals surface area contributed by atoms with Gasteiger partial charge in [0.15, 0.2) is 17.1 Å². The molecule has 47 heavy (non-hydrogen) atoms. The van der Waals surface area contributed by atoms with Gasteiger partial charge in [0.25, 0.3) is 5.91 Å². The highest BCUT2D eigenvalue weighted by Crippen LogP contribution is 2.61. The number of Topliss-reactive ketones (excluding diaryl/α,β-unsaturated/α-hetero) is 2. The van der Waals surface area contributed by atoms with E-state index in [1.54, 1.807) is 36.4 Å². The van der Waals surface area contributed by atoms with Crippen molar-refractivity contribution in [1.29, 1.82) is 0 Å². The zero-order valence-electron chi connectivity index (χ0n) is 24.7. The van der Waals surface area contributed by atoms with E-state index in [2.05, 4.69) is 53.1 Å². The highest BCUT2D eigenvalue weighted by atomic mass is 79.9. The maximum Gasteiger partial charge on any atom is 0.255 e. The molecule has 7 rings (SSSR count). The van der Waals surface area contributed by atoms with E-state index in [9.17, 15) is 9.59 Å². The smallest absolute Gasteiger partial charge is 0.255 e. The van der Waals surface area contributed by atoms with E-state index in [0.717, 1.165) is 30.2 Å². The van der Waals surface area contributed by atoms with Crippen molar-refractivity contribution in [1.82, 2.24) is 0 Å². The van der Waals surface area contributed by atoms with E-state index in [1.807, 2.05) is 89.8 Å². The maximum atomic E-state index is 15.0. The summed E-state index contributed by atoms with van der Waals surface area (Å²) in [4.78, 5) is 46.2. The second-order valence-electron chi connectivity index (χ2n) is 11.7. The first kappa shape index (κ1) is 32.0. The first-order valence-electron chi connectivity index (χ1n) is 15.0. The lowest BCUT2D eigenvalue weighted by Crippen LogP contribution is -2.52. The summed E-state index contributed by atoms with van der Waals surface area (Å²) in [6.45, 7) is 0. The van der Waals surface area contributed by atoms with E-state index in [4.69, 9.17) is 11.6 Å². The van der Waals surface area contributed by atoms with Crippen molar-refractivity contribution in [2.24, 2.45) is 5.92 Å². The van der Waals surface area contributed by atoms with E-state index >= 15 is 4.79 Å². The molecular weight excluding hydrogens is 808 g/mol. The Balaban J connectivity index is 1.53. The van der Waals surface area contributed by atoms with Crippen LogP contribution >= 0.6 is 59.4 Å². The summed E-state index contributed by atoms with van der Waals surface area (Å²) in [6.07, 6.45) is -0.00802. The number of para-hydroxylation sites is 1. The maximum absolute atomic E-state index is 15.0. The van der Waals surface area contributed by atoms with E-state index in [0.29, 0.717) is 21.8 Å². The van der Waals surface area contributed by atoms with Gasteiger partial charge in [-0.3, -0.25) is 14.4 Å². The molecule has 1 spiro atoms. The van der Waals surface area contributed by atoms with Crippen molar-refractivity contribution in [2.45, 2.75) is 23.9 Å². The fourth-order valence-electron chi connectivity index (χ4n) is 7.28. The van der Waals surface area contributed by atoms with Crippen molar-refractivity contribution >= 4 is 88.2 Å². The fourth-order valence-corrected chi connectivity index (χ4v) is 8.20. The number of benzene rings is 5. The number of halogens is 4. The van der Waals surface area contributed by atoms with Gasteiger partial charge in [-0.2, -0.15) is 0 Å². The highest BCUT2D eigenvalue weighted by Gasteiger charge is 2.68. The number of ketones is 2. The SMILES string of the molecule is O=C(CC1C(C(=O)c2ccc(Br)cc2)C(c2ccc(Cl)cc2)C2(C(=O)Nc3ccccc32)N1c1ccc(Br)cc1)c1ccc(Br)cc1. The monoisotopic (exact) mass is 830 g/mol. The molecule has 0 radical (unpaired) electrons.